The molecule has 0 saturated heterocycles. The van der Waals surface area contributed by atoms with Crippen LogP contribution in [0.3, 0.4) is 0 Å². The van der Waals surface area contributed by atoms with Crippen LogP contribution in [0, 0.1) is 0 Å². The number of benzene rings is 2. The van der Waals surface area contributed by atoms with E-state index in [9.17, 15) is 0 Å². The summed E-state index contributed by atoms with van der Waals surface area (Å²) >= 11 is 0. The first-order valence-electron chi connectivity index (χ1n) is 8.08. The van der Waals surface area contributed by atoms with E-state index in [1.807, 2.05) is 42.5 Å². The number of fused-ring (bicyclic) bond motifs is 2. The van der Waals surface area contributed by atoms with E-state index in [2.05, 4.69) is 25.5 Å². The Bertz CT molecular complexity index is 1210. The van der Waals surface area contributed by atoms with Gasteiger partial charge in [-0.05, 0) is 30.3 Å². The van der Waals surface area contributed by atoms with Crippen molar-refractivity contribution < 1.29 is 4.42 Å². The van der Waals surface area contributed by atoms with Gasteiger partial charge in [0, 0.05) is 28.2 Å². The van der Waals surface area contributed by atoms with Crippen molar-refractivity contribution >= 4 is 39.3 Å². The number of aromatic nitrogens is 4. The number of para-hydroxylation sites is 1. The molecular formula is C19H14N6O. The molecule has 0 fully saturated rings. The van der Waals surface area contributed by atoms with Crippen molar-refractivity contribution in [3.63, 3.8) is 0 Å². The van der Waals surface area contributed by atoms with E-state index < -0.39 is 0 Å². The Labute approximate surface area is 147 Å². The molecule has 5 aromatic rings. The molecule has 126 valence electrons. The van der Waals surface area contributed by atoms with Crippen LogP contribution in [0.1, 0.15) is 0 Å². The van der Waals surface area contributed by atoms with Crippen LogP contribution >= 0.6 is 0 Å². The van der Waals surface area contributed by atoms with Crippen molar-refractivity contribution in [3.05, 3.63) is 60.9 Å². The zero-order valence-electron chi connectivity index (χ0n) is 13.6. The summed E-state index contributed by atoms with van der Waals surface area (Å²) in [6.07, 6.45) is 3.39. The Morgan fingerprint density at radius 3 is 2.85 bits per heavy atom. The van der Waals surface area contributed by atoms with E-state index in [1.54, 1.807) is 18.5 Å². The molecule has 0 aliphatic rings. The third kappa shape index (κ3) is 2.42. The van der Waals surface area contributed by atoms with Crippen molar-refractivity contribution in [1.82, 2.24) is 20.2 Å². The van der Waals surface area contributed by atoms with Crippen molar-refractivity contribution in [3.8, 4) is 11.3 Å². The van der Waals surface area contributed by atoms with Gasteiger partial charge in [-0.3, -0.25) is 5.10 Å². The second-order valence-corrected chi connectivity index (χ2v) is 5.93. The molecule has 26 heavy (non-hydrogen) atoms. The lowest BCUT2D eigenvalue weighted by Crippen LogP contribution is -1.99. The fourth-order valence-corrected chi connectivity index (χ4v) is 3.03. The number of hydrogen-bond acceptors (Lipinski definition) is 6. The number of H-pyrrole nitrogens is 1. The Balaban J connectivity index is 1.65. The van der Waals surface area contributed by atoms with Crippen LogP contribution in [0.5, 0.6) is 0 Å². The zero-order valence-corrected chi connectivity index (χ0v) is 13.6. The molecule has 0 bridgehead atoms. The summed E-state index contributed by atoms with van der Waals surface area (Å²) < 4.78 is 6.03. The van der Waals surface area contributed by atoms with Gasteiger partial charge in [0.05, 0.1) is 11.7 Å². The first-order valence-corrected chi connectivity index (χ1v) is 8.08. The first kappa shape index (κ1) is 14.5. The third-order valence-electron chi connectivity index (χ3n) is 4.19. The number of nitrogens with two attached hydrogens (primary N) is 1. The summed E-state index contributed by atoms with van der Waals surface area (Å²) in [5, 5.41) is 12.5. The Hall–Kier alpha value is -3.87. The molecule has 3 aromatic heterocycles. The lowest BCUT2D eigenvalue weighted by molar-refractivity contribution is 0.632. The van der Waals surface area contributed by atoms with Crippen molar-refractivity contribution in [2.75, 3.05) is 11.1 Å². The molecule has 0 saturated carbocycles. The molecule has 0 spiro atoms. The van der Waals surface area contributed by atoms with E-state index in [0.717, 1.165) is 38.9 Å². The largest absolute Gasteiger partial charge is 0.456 e. The van der Waals surface area contributed by atoms with E-state index in [4.69, 9.17) is 10.2 Å². The number of hydrogen-bond donors (Lipinski definition) is 3. The van der Waals surface area contributed by atoms with Gasteiger partial charge in [0.15, 0.2) is 0 Å². The summed E-state index contributed by atoms with van der Waals surface area (Å²) in [5.74, 6) is 1.61. The maximum absolute atomic E-state index is 6.03. The fourth-order valence-electron chi connectivity index (χ4n) is 3.03. The second-order valence-electron chi connectivity index (χ2n) is 5.93. The molecule has 7 nitrogen and oxygen atoms in total. The van der Waals surface area contributed by atoms with Crippen LogP contribution in [-0.4, -0.2) is 20.2 Å². The highest BCUT2D eigenvalue weighted by Gasteiger charge is 2.13. The lowest BCUT2D eigenvalue weighted by atomic mass is 10.1. The van der Waals surface area contributed by atoms with Crippen molar-refractivity contribution in [2.45, 2.75) is 0 Å². The molecule has 3 heterocycles. The quantitative estimate of drug-likeness (QED) is 0.456. The lowest BCUT2D eigenvalue weighted by Gasteiger charge is -2.08. The normalized spacial score (nSPS) is 11.2. The number of anilines is 3. The summed E-state index contributed by atoms with van der Waals surface area (Å²) in [5.41, 5.74) is 9.19. The van der Waals surface area contributed by atoms with Gasteiger partial charge in [-0.1, -0.05) is 18.2 Å². The molecule has 4 N–H and O–H groups in total. The third-order valence-corrected chi connectivity index (χ3v) is 4.19. The van der Waals surface area contributed by atoms with E-state index in [0.29, 0.717) is 5.82 Å². The highest BCUT2D eigenvalue weighted by Crippen LogP contribution is 2.35. The molecule has 0 unspecified atom stereocenters. The number of nitrogens with zero attached hydrogens (tertiary/aromatic N) is 3. The summed E-state index contributed by atoms with van der Waals surface area (Å²) in [6.45, 7) is 0. The van der Waals surface area contributed by atoms with Crippen LogP contribution in [0.15, 0.2) is 65.3 Å². The van der Waals surface area contributed by atoms with Gasteiger partial charge in [0.2, 0.25) is 5.95 Å². The van der Waals surface area contributed by atoms with E-state index >= 15 is 0 Å². The molecule has 0 amide bonds. The van der Waals surface area contributed by atoms with E-state index in [1.165, 1.54) is 0 Å². The summed E-state index contributed by atoms with van der Waals surface area (Å²) in [4.78, 5) is 8.09. The second kappa shape index (κ2) is 5.59. The number of aromatic amines is 1. The van der Waals surface area contributed by atoms with Crippen LogP contribution in [-0.2, 0) is 0 Å². The Kier molecular flexibility index (Phi) is 3.11. The minimum Gasteiger partial charge on any atom is -0.456 e. The molecule has 5 rings (SSSR count). The first-order chi connectivity index (χ1) is 12.8. The monoisotopic (exact) mass is 342 g/mol. The minimum absolute atomic E-state index is 0.219. The number of nitrogen functional groups attached to an aromatic ring is 1. The SMILES string of the molecule is Nc1nccc(Nc2cc(-c3cc4ccccc4o3)c3[nH]ncc3c2)n1. The Morgan fingerprint density at radius 2 is 1.96 bits per heavy atom. The maximum Gasteiger partial charge on any atom is 0.221 e. The topological polar surface area (TPSA) is 106 Å². The molecule has 0 aliphatic heterocycles. The standard InChI is InChI=1S/C19H14N6O/c20-19-21-6-5-17(24-19)23-13-7-12-10-22-25-18(12)14(9-13)16-8-11-3-1-2-4-15(11)26-16/h1-10H,(H,22,25)(H3,20,21,23,24). The van der Waals surface area contributed by atoms with Crippen LogP contribution in [0.2, 0.25) is 0 Å². The molecule has 2 aromatic carbocycles. The number of furan rings is 1. The highest BCUT2D eigenvalue weighted by molar-refractivity contribution is 5.97. The van der Waals surface area contributed by atoms with Crippen LogP contribution in [0.25, 0.3) is 33.2 Å². The molecule has 0 radical (unpaired) electrons. The van der Waals surface area contributed by atoms with Gasteiger partial charge < -0.3 is 15.5 Å². The number of rotatable bonds is 3. The fraction of sp³-hybridized carbons (Fsp3) is 0. The smallest absolute Gasteiger partial charge is 0.221 e. The predicted molar refractivity (Wildman–Crippen MR) is 101 cm³/mol. The average Bonchev–Trinajstić information content (AvgIpc) is 3.27. The van der Waals surface area contributed by atoms with Gasteiger partial charge >= 0.3 is 0 Å². The average molecular weight is 342 g/mol. The summed E-state index contributed by atoms with van der Waals surface area (Å²) in [6, 6.07) is 15.7. The number of nitrogens with one attached hydrogen (secondary N) is 2. The van der Waals surface area contributed by atoms with Gasteiger partial charge in [0.1, 0.15) is 17.2 Å². The van der Waals surface area contributed by atoms with Crippen molar-refractivity contribution in [1.29, 1.82) is 0 Å². The van der Waals surface area contributed by atoms with Gasteiger partial charge in [-0.2, -0.15) is 10.1 Å². The zero-order chi connectivity index (χ0) is 17.5. The van der Waals surface area contributed by atoms with Crippen LogP contribution < -0.4 is 11.1 Å². The summed E-state index contributed by atoms with van der Waals surface area (Å²) in [7, 11) is 0. The van der Waals surface area contributed by atoms with Crippen molar-refractivity contribution in [2.24, 2.45) is 0 Å². The van der Waals surface area contributed by atoms with Gasteiger partial charge in [0.25, 0.3) is 0 Å². The molecule has 0 aliphatic carbocycles. The predicted octanol–water partition coefficient (Wildman–Crippen LogP) is 4.09. The Morgan fingerprint density at radius 1 is 1.04 bits per heavy atom. The van der Waals surface area contributed by atoms with E-state index in [-0.39, 0.29) is 5.95 Å². The van der Waals surface area contributed by atoms with Gasteiger partial charge in [-0.15, -0.1) is 0 Å². The minimum atomic E-state index is 0.219. The molecular weight excluding hydrogens is 328 g/mol. The molecule has 0 atom stereocenters. The van der Waals surface area contributed by atoms with Gasteiger partial charge in [-0.25, -0.2) is 4.98 Å². The molecule has 7 heteroatoms. The maximum atomic E-state index is 6.03. The van der Waals surface area contributed by atoms with Crippen LogP contribution in [0.4, 0.5) is 17.5 Å². The highest BCUT2D eigenvalue weighted by atomic mass is 16.3.